The second-order valence-electron chi connectivity index (χ2n) is 4.42. The van der Waals surface area contributed by atoms with E-state index < -0.39 is 16.4 Å². The van der Waals surface area contributed by atoms with E-state index >= 15 is 0 Å². The van der Waals surface area contributed by atoms with Gasteiger partial charge in [0.2, 0.25) is 5.91 Å². The predicted octanol–water partition coefficient (Wildman–Crippen LogP) is 0.631. The van der Waals surface area contributed by atoms with Crippen molar-refractivity contribution in [2.45, 2.75) is 18.4 Å². The van der Waals surface area contributed by atoms with Gasteiger partial charge in [0.15, 0.2) is 0 Å². The van der Waals surface area contributed by atoms with Crippen molar-refractivity contribution in [3.05, 3.63) is 33.9 Å². The first-order valence-corrected chi connectivity index (χ1v) is 5.45. The first-order chi connectivity index (χ1) is 8.47. The number of primary amides is 1. The Balaban J connectivity index is 2.35. The summed E-state index contributed by atoms with van der Waals surface area (Å²) in [5, 5.41) is 23.1. The Morgan fingerprint density at radius 3 is 2.67 bits per heavy atom. The normalized spacial score (nSPS) is 16.1. The van der Waals surface area contributed by atoms with E-state index in [-0.39, 0.29) is 23.5 Å². The topological polar surface area (TPSA) is 118 Å². The lowest BCUT2D eigenvalue weighted by molar-refractivity contribution is -0.384. The van der Waals surface area contributed by atoms with Crippen LogP contribution in [0.1, 0.15) is 23.2 Å². The molecule has 0 bridgehead atoms. The number of carbonyl (C=O) groups is 1. The van der Waals surface area contributed by atoms with Gasteiger partial charge in [-0.25, -0.2) is 0 Å². The molecule has 1 aromatic rings. The van der Waals surface area contributed by atoms with Gasteiger partial charge in [-0.1, -0.05) is 0 Å². The van der Waals surface area contributed by atoms with E-state index in [1.54, 1.807) is 0 Å². The maximum Gasteiger partial charge on any atom is 0.293 e. The van der Waals surface area contributed by atoms with Gasteiger partial charge in [-0.2, -0.15) is 0 Å². The Morgan fingerprint density at radius 1 is 1.56 bits per heavy atom. The number of aliphatic hydroxyl groups excluding tert-OH is 1. The van der Waals surface area contributed by atoms with Crippen LogP contribution in [0.5, 0.6) is 0 Å². The lowest BCUT2D eigenvalue weighted by Crippen LogP contribution is -2.26. The van der Waals surface area contributed by atoms with Crippen LogP contribution in [-0.2, 0) is 0 Å². The monoisotopic (exact) mass is 251 g/mol. The van der Waals surface area contributed by atoms with Crippen molar-refractivity contribution in [2.24, 2.45) is 5.73 Å². The van der Waals surface area contributed by atoms with Gasteiger partial charge in [0, 0.05) is 11.6 Å². The number of hydrogen-bond donors (Lipinski definition) is 3. The molecule has 0 spiro atoms. The van der Waals surface area contributed by atoms with Crippen molar-refractivity contribution in [1.82, 2.24) is 0 Å². The number of nitro benzene ring substituents is 1. The molecule has 0 aliphatic heterocycles. The molecular formula is C11H13N3O4. The number of nitrogens with two attached hydrogens (primary N) is 1. The molecule has 2 rings (SSSR count). The van der Waals surface area contributed by atoms with Gasteiger partial charge in [-0.3, -0.25) is 14.9 Å². The van der Waals surface area contributed by atoms with Crippen LogP contribution in [0.15, 0.2) is 18.2 Å². The molecule has 0 saturated heterocycles. The summed E-state index contributed by atoms with van der Waals surface area (Å²) in [6, 6.07) is 4.00. The number of anilines is 1. The highest BCUT2D eigenvalue weighted by Gasteiger charge is 2.43. The van der Waals surface area contributed by atoms with Crippen molar-refractivity contribution >= 4 is 17.3 Å². The van der Waals surface area contributed by atoms with E-state index in [1.165, 1.54) is 12.1 Å². The zero-order valence-corrected chi connectivity index (χ0v) is 9.55. The van der Waals surface area contributed by atoms with Crippen LogP contribution in [0.4, 0.5) is 11.4 Å². The molecule has 1 fully saturated rings. The number of amides is 1. The van der Waals surface area contributed by atoms with Gasteiger partial charge in [0.05, 0.1) is 17.1 Å². The number of nitrogens with zero attached hydrogens (tertiary/aromatic N) is 1. The standard InChI is InChI=1S/C11H13N3O4/c12-10(16)7-1-2-8(9(5-7)14(17)18)13-11(6-15)3-4-11/h1-2,5,13,15H,3-4,6H2,(H2,12,16). The second kappa shape index (κ2) is 4.26. The minimum atomic E-state index is -0.715. The van der Waals surface area contributed by atoms with Gasteiger partial charge in [0.1, 0.15) is 5.69 Å². The summed E-state index contributed by atoms with van der Waals surface area (Å²) in [5.41, 5.74) is 4.77. The highest BCUT2D eigenvalue weighted by Crippen LogP contribution is 2.40. The van der Waals surface area contributed by atoms with Crippen LogP contribution in [0.25, 0.3) is 0 Å². The van der Waals surface area contributed by atoms with Gasteiger partial charge in [-0.15, -0.1) is 0 Å². The molecule has 1 aliphatic rings. The third-order valence-corrected chi connectivity index (χ3v) is 3.03. The Bertz CT molecular complexity index is 511. The van der Waals surface area contributed by atoms with Crippen LogP contribution in [-0.4, -0.2) is 28.1 Å². The van der Waals surface area contributed by atoms with Crippen LogP contribution >= 0.6 is 0 Å². The summed E-state index contributed by atoms with van der Waals surface area (Å²) >= 11 is 0. The fourth-order valence-electron chi connectivity index (χ4n) is 1.70. The van der Waals surface area contributed by atoms with Gasteiger partial charge < -0.3 is 16.2 Å². The molecule has 7 heteroatoms. The summed E-state index contributed by atoms with van der Waals surface area (Å²) < 4.78 is 0. The van der Waals surface area contributed by atoms with E-state index in [9.17, 15) is 20.0 Å². The molecule has 0 unspecified atom stereocenters. The van der Waals surface area contributed by atoms with Crippen LogP contribution in [0, 0.1) is 10.1 Å². The third kappa shape index (κ3) is 2.25. The molecule has 0 radical (unpaired) electrons. The van der Waals surface area contributed by atoms with E-state index in [1.807, 2.05) is 0 Å². The van der Waals surface area contributed by atoms with Crippen molar-refractivity contribution < 1.29 is 14.8 Å². The molecule has 18 heavy (non-hydrogen) atoms. The Labute approximate surface area is 103 Å². The van der Waals surface area contributed by atoms with Gasteiger partial charge in [0.25, 0.3) is 5.69 Å². The molecule has 0 heterocycles. The molecular weight excluding hydrogens is 238 g/mol. The molecule has 7 nitrogen and oxygen atoms in total. The average molecular weight is 251 g/mol. The molecule has 96 valence electrons. The third-order valence-electron chi connectivity index (χ3n) is 3.03. The largest absolute Gasteiger partial charge is 0.394 e. The summed E-state index contributed by atoms with van der Waals surface area (Å²) in [6.07, 6.45) is 1.52. The molecule has 0 aromatic heterocycles. The maximum absolute atomic E-state index is 11.0. The van der Waals surface area contributed by atoms with Crippen LogP contribution in [0.2, 0.25) is 0 Å². The SMILES string of the molecule is NC(=O)c1ccc(NC2(CO)CC2)c([N+](=O)[O-])c1. The van der Waals surface area contributed by atoms with Gasteiger partial charge in [-0.05, 0) is 25.0 Å². The van der Waals surface area contributed by atoms with E-state index in [0.29, 0.717) is 0 Å². The van der Waals surface area contributed by atoms with Crippen LogP contribution < -0.4 is 11.1 Å². The number of nitro groups is 1. The maximum atomic E-state index is 11.0. The number of nitrogens with one attached hydrogen (secondary N) is 1. The van der Waals surface area contributed by atoms with Crippen molar-refractivity contribution in [3.8, 4) is 0 Å². The zero-order valence-electron chi connectivity index (χ0n) is 9.55. The minimum Gasteiger partial charge on any atom is -0.394 e. The molecule has 4 N–H and O–H groups in total. The fraction of sp³-hybridized carbons (Fsp3) is 0.364. The Morgan fingerprint density at radius 2 is 2.22 bits per heavy atom. The second-order valence-corrected chi connectivity index (χ2v) is 4.42. The molecule has 1 amide bonds. The van der Waals surface area contributed by atoms with E-state index in [0.717, 1.165) is 18.9 Å². The summed E-state index contributed by atoms with van der Waals surface area (Å²) in [7, 11) is 0. The van der Waals surface area contributed by atoms with Crippen molar-refractivity contribution in [2.75, 3.05) is 11.9 Å². The Hall–Kier alpha value is -2.15. The van der Waals surface area contributed by atoms with E-state index in [2.05, 4.69) is 5.32 Å². The quantitative estimate of drug-likeness (QED) is 0.524. The number of rotatable bonds is 5. The summed E-state index contributed by atoms with van der Waals surface area (Å²) in [5.74, 6) is -0.715. The first-order valence-electron chi connectivity index (χ1n) is 5.45. The molecule has 1 aliphatic carbocycles. The lowest BCUT2D eigenvalue weighted by Gasteiger charge is -2.15. The van der Waals surface area contributed by atoms with Crippen LogP contribution in [0.3, 0.4) is 0 Å². The molecule has 1 aromatic carbocycles. The highest BCUT2D eigenvalue weighted by atomic mass is 16.6. The Kier molecular flexibility index (Phi) is 2.92. The summed E-state index contributed by atoms with van der Waals surface area (Å²) in [6.45, 7) is -0.0816. The number of carbonyl (C=O) groups excluding carboxylic acids is 1. The van der Waals surface area contributed by atoms with Crippen molar-refractivity contribution in [1.29, 1.82) is 0 Å². The number of aliphatic hydroxyl groups is 1. The first kappa shape index (κ1) is 12.3. The van der Waals surface area contributed by atoms with E-state index in [4.69, 9.17) is 5.73 Å². The fourth-order valence-corrected chi connectivity index (χ4v) is 1.70. The molecule has 1 saturated carbocycles. The smallest absolute Gasteiger partial charge is 0.293 e. The number of benzene rings is 1. The lowest BCUT2D eigenvalue weighted by atomic mass is 10.1. The van der Waals surface area contributed by atoms with Crippen molar-refractivity contribution in [3.63, 3.8) is 0 Å². The van der Waals surface area contributed by atoms with Gasteiger partial charge >= 0.3 is 0 Å². The minimum absolute atomic E-state index is 0.0816. The highest BCUT2D eigenvalue weighted by molar-refractivity contribution is 5.94. The average Bonchev–Trinajstić information content (AvgIpc) is 3.09. The number of hydrogen-bond acceptors (Lipinski definition) is 5. The summed E-state index contributed by atoms with van der Waals surface area (Å²) in [4.78, 5) is 21.3. The molecule has 0 atom stereocenters. The zero-order chi connectivity index (χ0) is 13.3. The predicted molar refractivity (Wildman–Crippen MR) is 64.3 cm³/mol.